The third-order valence-electron chi connectivity index (χ3n) is 2.47. The van der Waals surface area contributed by atoms with Gasteiger partial charge in [-0.05, 0) is 40.2 Å². The molecule has 17 heavy (non-hydrogen) atoms. The maximum absolute atomic E-state index is 13.6. The summed E-state index contributed by atoms with van der Waals surface area (Å²) < 4.78 is 16.0. The molecule has 3 nitrogen and oxygen atoms in total. The fraction of sp³-hybridized carbons (Fsp3) is 0. The first-order valence-electron chi connectivity index (χ1n) is 5.01. The fourth-order valence-corrected chi connectivity index (χ4v) is 2.02. The molecule has 2 aromatic heterocycles. The van der Waals surface area contributed by atoms with Crippen LogP contribution in [-0.4, -0.2) is 14.6 Å². The van der Waals surface area contributed by atoms with Crippen molar-refractivity contribution in [1.29, 1.82) is 0 Å². The molecule has 0 aliphatic heterocycles. The zero-order chi connectivity index (χ0) is 11.8. The molecular weight excluding hydrogens is 285 g/mol. The van der Waals surface area contributed by atoms with Crippen molar-refractivity contribution in [2.24, 2.45) is 0 Å². The van der Waals surface area contributed by atoms with E-state index >= 15 is 0 Å². The number of aromatic nitrogens is 3. The minimum atomic E-state index is -0.282. The average molecular weight is 292 g/mol. The van der Waals surface area contributed by atoms with Crippen molar-refractivity contribution >= 4 is 21.6 Å². The van der Waals surface area contributed by atoms with Gasteiger partial charge in [-0.2, -0.15) is 5.10 Å². The van der Waals surface area contributed by atoms with Gasteiger partial charge in [-0.3, -0.25) is 0 Å². The molecule has 0 bridgehead atoms. The van der Waals surface area contributed by atoms with Crippen LogP contribution in [-0.2, 0) is 0 Å². The van der Waals surface area contributed by atoms with Crippen LogP contribution in [0, 0.1) is 5.82 Å². The summed E-state index contributed by atoms with van der Waals surface area (Å²) in [5.74, 6) is -0.282. The van der Waals surface area contributed by atoms with Crippen LogP contribution in [0.15, 0.2) is 47.2 Å². The molecule has 3 rings (SSSR count). The molecule has 0 aliphatic rings. The molecule has 0 N–H and O–H groups in total. The summed E-state index contributed by atoms with van der Waals surface area (Å²) >= 11 is 3.34. The number of rotatable bonds is 1. The Morgan fingerprint density at radius 1 is 1.12 bits per heavy atom. The van der Waals surface area contributed by atoms with Gasteiger partial charge in [-0.25, -0.2) is 13.9 Å². The van der Waals surface area contributed by atoms with Gasteiger partial charge in [-0.15, -0.1) is 0 Å². The maximum Gasteiger partial charge on any atom is 0.154 e. The van der Waals surface area contributed by atoms with E-state index in [0.29, 0.717) is 11.3 Å². The Morgan fingerprint density at radius 3 is 2.76 bits per heavy atom. The minimum absolute atomic E-state index is 0.282. The molecule has 2 heterocycles. The number of hydrogen-bond acceptors (Lipinski definition) is 2. The highest BCUT2D eigenvalue weighted by molar-refractivity contribution is 9.10. The molecular formula is C12H7BrFN3. The Morgan fingerprint density at radius 2 is 1.94 bits per heavy atom. The first-order chi connectivity index (χ1) is 8.25. The molecule has 0 saturated heterocycles. The van der Waals surface area contributed by atoms with Crippen LogP contribution < -0.4 is 0 Å². The first kappa shape index (κ1) is 10.4. The smallest absolute Gasteiger partial charge is 0.154 e. The quantitative estimate of drug-likeness (QED) is 0.689. The number of hydrogen-bond donors (Lipinski definition) is 0. The maximum atomic E-state index is 13.6. The second kappa shape index (κ2) is 3.92. The number of fused-ring (bicyclic) bond motifs is 1. The Labute approximate surface area is 105 Å². The second-order valence-electron chi connectivity index (χ2n) is 3.55. The number of halogens is 2. The van der Waals surface area contributed by atoms with Crippen LogP contribution in [0.25, 0.3) is 16.9 Å². The van der Waals surface area contributed by atoms with Gasteiger partial charge >= 0.3 is 0 Å². The summed E-state index contributed by atoms with van der Waals surface area (Å²) in [6.07, 6.45) is 1.66. The van der Waals surface area contributed by atoms with Gasteiger partial charge in [0.15, 0.2) is 5.65 Å². The molecule has 0 radical (unpaired) electrons. The van der Waals surface area contributed by atoms with Crippen molar-refractivity contribution in [3.05, 3.63) is 53.0 Å². The van der Waals surface area contributed by atoms with Crippen molar-refractivity contribution in [2.45, 2.75) is 0 Å². The zero-order valence-electron chi connectivity index (χ0n) is 8.64. The van der Waals surface area contributed by atoms with Crippen LogP contribution in [0.2, 0.25) is 0 Å². The molecule has 0 aliphatic carbocycles. The number of nitrogens with zero attached hydrogens (tertiary/aromatic N) is 3. The van der Waals surface area contributed by atoms with Crippen molar-refractivity contribution in [3.63, 3.8) is 0 Å². The summed E-state index contributed by atoms with van der Waals surface area (Å²) in [7, 11) is 0. The van der Waals surface area contributed by atoms with E-state index in [0.717, 1.165) is 10.3 Å². The van der Waals surface area contributed by atoms with Crippen LogP contribution >= 0.6 is 15.9 Å². The molecule has 0 unspecified atom stereocenters. The zero-order valence-corrected chi connectivity index (χ0v) is 10.2. The van der Waals surface area contributed by atoms with Crippen LogP contribution in [0.1, 0.15) is 0 Å². The molecule has 0 atom stereocenters. The largest absolute Gasteiger partial charge is 0.234 e. The number of imidazole rings is 1. The van der Waals surface area contributed by atoms with Crippen molar-refractivity contribution < 1.29 is 4.39 Å². The predicted octanol–water partition coefficient (Wildman–Crippen LogP) is 3.30. The molecule has 0 amide bonds. The standard InChI is InChI=1S/C12H7BrFN3/c13-11-7-15-12-6-5-10(16-17(11)12)8-3-1-2-4-9(8)14/h1-7H. The van der Waals surface area contributed by atoms with E-state index in [4.69, 9.17) is 0 Å². The van der Waals surface area contributed by atoms with Gasteiger partial charge in [0.1, 0.15) is 10.4 Å². The van der Waals surface area contributed by atoms with Gasteiger partial charge in [0.05, 0.1) is 11.9 Å². The van der Waals surface area contributed by atoms with Crippen LogP contribution in [0.4, 0.5) is 4.39 Å². The normalized spacial score (nSPS) is 10.9. The van der Waals surface area contributed by atoms with E-state index in [9.17, 15) is 4.39 Å². The predicted molar refractivity (Wildman–Crippen MR) is 66.1 cm³/mol. The van der Waals surface area contributed by atoms with Crippen LogP contribution in [0.3, 0.4) is 0 Å². The lowest BCUT2D eigenvalue weighted by molar-refractivity contribution is 0.630. The minimum Gasteiger partial charge on any atom is -0.234 e. The van der Waals surface area contributed by atoms with Crippen molar-refractivity contribution in [2.75, 3.05) is 0 Å². The summed E-state index contributed by atoms with van der Waals surface area (Å²) in [5, 5.41) is 4.33. The topological polar surface area (TPSA) is 30.2 Å². The van der Waals surface area contributed by atoms with E-state index in [2.05, 4.69) is 26.0 Å². The summed E-state index contributed by atoms with van der Waals surface area (Å²) in [4.78, 5) is 4.14. The molecule has 1 aromatic carbocycles. The highest BCUT2D eigenvalue weighted by Crippen LogP contribution is 2.21. The van der Waals surface area contributed by atoms with E-state index in [-0.39, 0.29) is 5.82 Å². The molecule has 0 spiro atoms. The average Bonchev–Trinajstić information content (AvgIpc) is 2.71. The van der Waals surface area contributed by atoms with Gasteiger partial charge in [0.2, 0.25) is 0 Å². The van der Waals surface area contributed by atoms with Crippen molar-refractivity contribution in [1.82, 2.24) is 14.6 Å². The third-order valence-corrected chi connectivity index (χ3v) is 3.01. The first-order valence-corrected chi connectivity index (χ1v) is 5.80. The highest BCUT2D eigenvalue weighted by Gasteiger charge is 2.08. The molecule has 0 saturated carbocycles. The SMILES string of the molecule is Fc1ccccc1-c1ccc2ncc(Br)n2n1. The van der Waals surface area contributed by atoms with E-state index in [1.807, 2.05) is 0 Å². The Balaban J connectivity index is 2.24. The lowest BCUT2D eigenvalue weighted by Gasteiger charge is -2.03. The monoisotopic (exact) mass is 291 g/mol. The fourth-order valence-electron chi connectivity index (χ4n) is 1.66. The highest BCUT2D eigenvalue weighted by atomic mass is 79.9. The van der Waals surface area contributed by atoms with Gasteiger partial charge in [0, 0.05) is 5.56 Å². The summed E-state index contributed by atoms with van der Waals surface area (Å²) in [5.41, 5.74) is 1.78. The van der Waals surface area contributed by atoms with E-state index in [1.54, 1.807) is 41.0 Å². The Bertz CT molecular complexity index is 693. The molecule has 5 heteroatoms. The van der Waals surface area contributed by atoms with E-state index in [1.165, 1.54) is 6.07 Å². The molecule has 84 valence electrons. The summed E-state index contributed by atoms with van der Waals surface area (Å²) in [6, 6.07) is 10.1. The molecule has 0 fully saturated rings. The van der Waals surface area contributed by atoms with Gasteiger partial charge in [0.25, 0.3) is 0 Å². The summed E-state index contributed by atoms with van der Waals surface area (Å²) in [6.45, 7) is 0. The number of benzene rings is 1. The third kappa shape index (κ3) is 1.72. The van der Waals surface area contributed by atoms with Crippen molar-refractivity contribution in [3.8, 4) is 11.3 Å². The van der Waals surface area contributed by atoms with E-state index < -0.39 is 0 Å². The molecule has 3 aromatic rings. The lowest BCUT2D eigenvalue weighted by Crippen LogP contribution is -1.95. The van der Waals surface area contributed by atoms with Crippen LogP contribution in [0.5, 0.6) is 0 Å². The van der Waals surface area contributed by atoms with Gasteiger partial charge < -0.3 is 0 Å². The Kier molecular flexibility index (Phi) is 2.40. The Hall–Kier alpha value is -1.75. The van der Waals surface area contributed by atoms with Gasteiger partial charge in [-0.1, -0.05) is 12.1 Å². The second-order valence-corrected chi connectivity index (χ2v) is 4.36. The lowest BCUT2D eigenvalue weighted by atomic mass is 10.1.